The lowest BCUT2D eigenvalue weighted by Crippen LogP contribution is -2.44. The first-order valence-electron chi connectivity index (χ1n) is 43.1. The Bertz CT molecular complexity index is 2000. The predicted octanol–water partition coefficient (Wildman–Crippen LogP) is 30.7. The summed E-state index contributed by atoms with van der Waals surface area (Å²) in [6.07, 6.45) is 73.3. The Balaban J connectivity index is 0.000000137. The van der Waals surface area contributed by atoms with Gasteiger partial charge in [0, 0.05) is 0 Å². The Labute approximate surface area is 580 Å². The van der Waals surface area contributed by atoms with Gasteiger partial charge in [-0.3, -0.25) is 0 Å². The van der Waals surface area contributed by atoms with Crippen LogP contribution in [0.25, 0.3) is 0 Å². The number of hydrogen-bond acceptors (Lipinski definition) is 0. The highest BCUT2D eigenvalue weighted by molar-refractivity contribution is 5.01. The minimum absolute atomic E-state index is 0.500. The molecule has 0 aromatic rings. The van der Waals surface area contributed by atoms with E-state index in [1.165, 1.54) is 212 Å². The second kappa shape index (κ2) is 32.8. The minimum atomic E-state index is 0.500. The van der Waals surface area contributed by atoms with Gasteiger partial charge in [-0.1, -0.05) is 228 Å². The third-order valence-electron chi connectivity index (χ3n) is 32.4. The molecule has 0 N–H and O–H groups in total. The van der Waals surface area contributed by atoms with Crippen molar-refractivity contribution in [3.63, 3.8) is 0 Å². The maximum absolute atomic E-state index is 2.49. The van der Waals surface area contributed by atoms with Crippen molar-refractivity contribution < 1.29 is 0 Å². The van der Waals surface area contributed by atoms with E-state index in [1.807, 2.05) is 0 Å². The Morgan fingerprint density at radius 1 is 0.304 bits per heavy atom. The smallest absolute Gasteiger partial charge is 0.0287 e. The fourth-order valence-corrected chi connectivity index (χ4v) is 25.9. The first-order chi connectivity index (χ1) is 43.1. The Morgan fingerprint density at radius 3 is 0.957 bits per heavy atom. The third-order valence-corrected chi connectivity index (χ3v) is 32.4. The maximum Gasteiger partial charge on any atom is -0.0287 e. The van der Waals surface area contributed by atoms with Crippen LogP contribution in [0.15, 0.2) is 0 Å². The van der Waals surface area contributed by atoms with Crippen LogP contribution in [-0.4, -0.2) is 0 Å². The van der Waals surface area contributed by atoms with Crippen molar-refractivity contribution in [2.45, 2.75) is 447 Å². The highest BCUT2D eigenvalue weighted by atomic mass is 14.6. The molecule has 5 atom stereocenters. The summed E-state index contributed by atoms with van der Waals surface area (Å²) in [5, 5.41) is 0. The van der Waals surface area contributed by atoms with Gasteiger partial charge < -0.3 is 0 Å². The molecule has 538 valence electrons. The average Bonchev–Trinajstić information content (AvgIpc) is 0.861. The number of rotatable bonds is 1. The van der Waals surface area contributed by atoms with Gasteiger partial charge in [0.1, 0.15) is 0 Å². The molecule has 0 aliphatic heterocycles. The van der Waals surface area contributed by atoms with Crippen LogP contribution in [0.3, 0.4) is 0 Å². The lowest BCUT2D eigenvalue weighted by Gasteiger charge is -2.54. The van der Waals surface area contributed by atoms with E-state index in [4.69, 9.17) is 0 Å². The predicted molar refractivity (Wildman–Crippen MR) is 408 cm³/mol. The molecule has 4 spiro atoms. The zero-order valence-corrected chi connectivity index (χ0v) is 67.0. The lowest BCUT2D eigenvalue weighted by atomic mass is 9.51. The number of hydrogen-bond donors (Lipinski definition) is 0. The van der Waals surface area contributed by atoms with Crippen LogP contribution in [0.1, 0.15) is 447 Å². The van der Waals surface area contributed by atoms with Crippen LogP contribution in [-0.2, 0) is 0 Å². The molecule has 18 saturated carbocycles. The zero-order chi connectivity index (χ0) is 67.0. The van der Waals surface area contributed by atoms with Gasteiger partial charge in [0.05, 0.1) is 0 Å². The zero-order valence-electron chi connectivity index (χ0n) is 67.0. The van der Waals surface area contributed by atoms with Crippen LogP contribution in [0, 0.1) is 137 Å². The van der Waals surface area contributed by atoms with Crippen LogP contribution in [0.4, 0.5) is 0 Å². The summed E-state index contributed by atoms with van der Waals surface area (Å²) in [6, 6.07) is 0. The van der Waals surface area contributed by atoms with E-state index in [1.54, 1.807) is 96.3 Å². The van der Waals surface area contributed by atoms with Crippen LogP contribution < -0.4 is 0 Å². The molecular formula is C92H170. The molecule has 0 heteroatoms. The van der Waals surface area contributed by atoms with E-state index in [0.717, 1.165) is 105 Å². The van der Waals surface area contributed by atoms with Gasteiger partial charge in [-0.25, -0.2) is 0 Å². The Morgan fingerprint density at radius 2 is 0.630 bits per heavy atom. The maximum atomic E-state index is 2.49. The Kier molecular flexibility index (Phi) is 27.7. The van der Waals surface area contributed by atoms with E-state index in [-0.39, 0.29) is 0 Å². The van der Waals surface area contributed by atoms with E-state index < -0.39 is 0 Å². The van der Waals surface area contributed by atoms with E-state index in [0.29, 0.717) is 32.5 Å². The van der Waals surface area contributed by atoms with Gasteiger partial charge in [-0.05, 0) is 355 Å². The van der Waals surface area contributed by atoms with Gasteiger partial charge in [-0.2, -0.15) is 0 Å². The molecule has 92 heavy (non-hydrogen) atoms. The Hall–Kier alpha value is 0. The van der Waals surface area contributed by atoms with Gasteiger partial charge in [-0.15, -0.1) is 0 Å². The van der Waals surface area contributed by atoms with Crippen molar-refractivity contribution in [2.24, 2.45) is 137 Å². The largest absolute Gasteiger partial charge is 0.0649 e. The lowest BCUT2D eigenvalue weighted by molar-refractivity contribution is -0.0322. The van der Waals surface area contributed by atoms with E-state index in [2.05, 4.69) is 138 Å². The molecule has 18 aliphatic rings. The molecule has 0 aromatic heterocycles. The molecule has 0 radical (unpaired) electrons. The quantitative estimate of drug-likeness (QED) is 0.245. The molecule has 0 amide bonds. The summed E-state index contributed by atoms with van der Waals surface area (Å²) < 4.78 is 0. The second-order valence-electron chi connectivity index (χ2n) is 44.2. The van der Waals surface area contributed by atoms with Crippen molar-refractivity contribution in [3.05, 3.63) is 0 Å². The van der Waals surface area contributed by atoms with Crippen molar-refractivity contribution in [3.8, 4) is 0 Å². The monoisotopic (exact) mass is 1280 g/mol. The van der Waals surface area contributed by atoms with Gasteiger partial charge in [0.2, 0.25) is 0 Å². The molecule has 18 rings (SSSR count). The van der Waals surface area contributed by atoms with Crippen molar-refractivity contribution >= 4 is 0 Å². The first kappa shape index (κ1) is 77.7. The molecule has 3 unspecified atom stereocenters. The minimum Gasteiger partial charge on any atom is -0.0649 e. The highest BCUT2D eigenvalue weighted by Gasteiger charge is 2.50. The van der Waals surface area contributed by atoms with Crippen molar-refractivity contribution in [2.75, 3.05) is 0 Å². The summed E-state index contributed by atoms with van der Waals surface area (Å²) in [5.74, 6) is 14.8. The average molecular weight is 1280 g/mol. The highest BCUT2D eigenvalue weighted by Crippen LogP contribution is 2.62. The van der Waals surface area contributed by atoms with Gasteiger partial charge in [0.15, 0.2) is 0 Å². The summed E-state index contributed by atoms with van der Waals surface area (Å²) in [4.78, 5) is 0. The molecule has 8 bridgehead atoms. The van der Waals surface area contributed by atoms with E-state index in [9.17, 15) is 0 Å². The summed E-state index contributed by atoms with van der Waals surface area (Å²) in [7, 11) is 0. The van der Waals surface area contributed by atoms with Gasteiger partial charge in [0.25, 0.3) is 0 Å². The standard InChI is InChI=1S/C16H30.C14H26.C13H22.C12H22.2C11H20.C10H18.C5H12/c1-13-6-8-16(9-7-13)11-14(2,3)10-15(4,5)12-16;1-12-4-6-14(7-5-12)10-8-13(2,3)9-11-14;1-2-13-4-3-10-5-11(8-13)7-12(6-10)9-13;1-11-5-9-12(10-6-11)7-3-2-4-8-12;1-8-9-4-6-10(7-5-9)11(8,2)3;1-10-4-8-11(9-5-10)6-2-3-7-11;1-7-8(2)10-5-3-9(7)4-6-10;1-5(2,3)4/h13H,6-12H2,1-5H3;12H,4-11H2,1-3H3;10-12H,2-9H2,1H3;11H,2-10H2,1H3;8-10H,4-7H2,1-3H3;10H,2-9H2,1H3;7-10H,3-6H2,1-2H3;1-4H3/t;;;;8-,9?,10?;;7-,8?,9?,10?;/m....1.0./s1. The fraction of sp³-hybridized carbons (Fsp3) is 1.00. The van der Waals surface area contributed by atoms with Crippen LogP contribution >= 0.6 is 0 Å². The first-order valence-corrected chi connectivity index (χ1v) is 43.1. The molecule has 18 aliphatic carbocycles. The second-order valence-corrected chi connectivity index (χ2v) is 44.2. The fourth-order valence-electron chi connectivity index (χ4n) is 25.9. The molecule has 0 saturated heterocycles. The molecular weight excluding hydrogens is 1110 g/mol. The molecule has 0 nitrogen and oxygen atoms in total. The van der Waals surface area contributed by atoms with Crippen LogP contribution in [0.5, 0.6) is 0 Å². The summed E-state index contributed by atoms with van der Waals surface area (Å²) in [6.45, 7) is 48.1. The molecule has 0 aromatic carbocycles. The summed E-state index contributed by atoms with van der Waals surface area (Å²) in [5.41, 5.74) is 6.95. The molecule has 0 heterocycles. The number of fused-ring (bicyclic) bond motifs is 7. The van der Waals surface area contributed by atoms with Crippen LogP contribution in [0.2, 0.25) is 0 Å². The SMILES string of the molecule is CC(C)(C)C.CC1C2CCC(CC2)[C@H]1C.CC1CCC2(CC1)CC(C)(C)CC(C)(C)C2.CC1CCC2(CC1)CCC(C)(C)CC2.CC1CCC2(CCCC2)CC1.CC1CCC2(CCCCC2)CC1.CCC12CCC3CC(CC(C3)C1)C2.C[C@@H]1C2CCC(CC2)C1(C)C. The normalized spacial score (nSPS) is 38.7. The van der Waals surface area contributed by atoms with Crippen molar-refractivity contribution in [1.29, 1.82) is 0 Å². The van der Waals surface area contributed by atoms with E-state index >= 15 is 0 Å². The van der Waals surface area contributed by atoms with Crippen molar-refractivity contribution in [1.82, 2.24) is 0 Å². The topological polar surface area (TPSA) is 0 Å². The molecule has 18 fully saturated rings. The third kappa shape index (κ3) is 22.5. The van der Waals surface area contributed by atoms with Gasteiger partial charge >= 0.3 is 0 Å². The summed E-state index contributed by atoms with van der Waals surface area (Å²) >= 11 is 0.